The molecule has 6 nitrogen and oxygen atoms in total. The number of halogens is 1. The molecule has 0 saturated heterocycles. The van der Waals surface area contributed by atoms with Crippen molar-refractivity contribution in [3.63, 3.8) is 0 Å². The predicted molar refractivity (Wildman–Crippen MR) is 110 cm³/mol. The third kappa shape index (κ3) is 4.72. The Morgan fingerprint density at radius 1 is 1.18 bits per heavy atom. The molecule has 1 aromatic carbocycles. The average Bonchev–Trinajstić information content (AvgIpc) is 2.98. The topological polar surface area (TPSA) is 84.5 Å². The fourth-order valence-corrected chi connectivity index (χ4v) is 4.63. The molecule has 1 aromatic heterocycles. The molecule has 0 spiro atoms. The van der Waals surface area contributed by atoms with Gasteiger partial charge in [-0.3, -0.25) is 9.59 Å². The number of ether oxygens (including phenoxy) is 1. The molecule has 2 aromatic rings. The van der Waals surface area contributed by atoms with E-state index in [1.54, 1.807) is 24.3 Å². The smallest absolute Gasteiger partial charge is 0.342 e. The number of hydrogen-bond donors (Lipinski definition) is 2. The molecule has 1 heterocycles. The van der Waals surface area contributed by atoms with Gasteiger partial charge < -0.3 is 15.4 Å². The zero-order valence-electron chi connectivity index (χ0n) is 15.6. The summed E-state index contributed by atoms with van der Waals surface area (Å²) in [6, 6.07) is 6.72. The summed E-state index contributed by atoms with van der Waals surface area (Å²) in [6.45, 7) is 2.91. The number of anilines is 2. The summed E-state index contributed by atoms with van der Waals surface area (Å²) in [5.41, 5.74) is 1.82. The molecule has 0 bridgehead atoms. The first-order valence-electron chi connectivity index (χ1n) is 9.04. The van der Waals surface area contributed by atoms with E-state index in [0.29, 0.717) is 21.3 Å². The van der Waals surface area contributed by atoms with E-state index in [4.69, 9.17) is 16.3 Å². The zero-order chi connectivity index (χ0) is 20.3. The number of benzene rings is 1. The van der Waals surface area contributed by atoms with Crippen LogP contribution in [0.3, 0.4) is 0 Å². The van der Waals surface area contributed by atoms with E-state index in [1.165, 1.54) is 25.2 Å². The summed E-state index contributed by atoms with van der Waals surface area (Å²) in [5, 5.41) is 6.38. The van der Waals surface area contributed by atoms with Crippen molar-refractivity contribution in [2.45, 2.75) is 45.6 Å². The molecule has 1 atom stereocenters. The molecular formula is C20H21ClN2O4S. The maximum atomic E-state index is 12.8. The lowest BCUT2D eigenvalue weighted by molar-refractivity contribution is -0.123. The van der Waals surface area contributed by atoms with Gasteiger partial charge in [0, 0.05) is 22.5 Å². The van der Waals surface area contributed by atoms with Crippen molar-refractivity contribution in [1.82, 2.24) is 0 Å². The van der Waals surface area contributed by atoms with Crippen LogP contribution in [-0.2, 0) is 27.2 Å². The predicted octanol–water partition coefficient (Wildman–Crippen LogP) is 4.42. The van der Waals surface area contributed by atoms with Gasteiger partial charge in [0.1, 0.15) is 5.00 Å². The molecule has 0 saturated carbocycles. The Bertz CT molecular complexity index is 925. The van der Waals surface area contributed by atoms with Crippen molar-refractivity contribution < 1.29 is 19.1 Å². The van der Waals surface area contributed by atoms with Crippen molar-refractivity contribution in [2.24, 2.45) is 0 Å². The van der Waals surface area contributed by atoms with Gasteiger partial charge in [-0.15, -0.1) is 11.3 Å². The van der Waals surface area contributed by atoms with Crippen molar-refractivity contribution in [3.05, 3.63) is 45.3 Å². The first kappa shape index (κ1) is 20.4. The largest absolute Gasteiger partial charge is 0.449 e. The van der Waals surface area contributed by atoms with Gasteiger partial charge in [0.05, 0.1) is 5.56 Å². The summed E-state index contributed by atoms with van der Waals surface area (Å²) >= 11 is 7.33. The van der Waals surface area contributed by atoms with Gasteiger partial charge in [0.25, 0.3) is 5.91 Å². The second kappa shape index (κ2) is 8.75. The number of amides is 2. The number of carbonyl (C=O) groups is 3. The van der Waals surface area contributed by atoms with Crippen LogP contribution in [0, 0.1) is 0 Å². The molecular weight excluding hydrogens is 400 g/mol. The molecule has 1 aliphatic rings. The lowest BCUT2D eigenvalue weighted by Gasteiger charge is -2.16. The van der Waals surface area contributed by atoms with Crippen LogP contribution in [0.25, 0.3) is 0 Å². The first-order valence-corrected chi connectivity index (χ1v) is 10.2. The highest BCUT2D eigenvalue weighted by Gasteiger charge is 2.29. The molecule has 28 heavy (non-hydrogen) atoms. The van der Waals surface area contributed by atoms with Gasteiger partial charge in [-0.1, -0.05) is 17.7 Å². The van der Waals surface area contributed by atoms with Crippen LogP contribution in [0.5, 0.6) is 0 Å². The van der Waals surface area contributed by atoms with Gasteiger partial charge in [-0.2, -0.15) is 0 Å². The fraction of sp³-hybridized carbons (Fsp3) is 0.350. The number of thiophene rings is 1. The second-order valence-electron chi connectivity index (χ2n) is 6.64. The number of hydrogen-bond acceptors (Lipinski definition) is 5. The summed E-state index contributed by atoms with van der Waals surface area (Å²) in [6.07, 6.45) is 2.67. The molecule has 0 fully saturated rings. The molecule has 2 N–H and O–H groups in total. The molecule has 2 amide bonds. The standard InChI is InChI=1S/C20H21ClN2O4S/c1-11(18(25)23-14-7-5-6-13(21)10-14)27-20(26)17-15-8-3-4-9-16(15)28-19(17)22-12(2)24/h5-7,10-11H,3-4,8-9H2,1-2H3,(H,22,24)(H,23,25)/t11-/m0/s1. The number of esters is 1. The van der Waals surface area contributed by atoms with E-state index < -0.39 is 18.0 Å². The summed E-state index contributed by atoms with van der Waals surface area (Å²) < 4.78 is 5.42. The Hall–Kier alpha value is -2.38. The number of aryl methyl sites for hydroxylation is 1. The highest BCUT2D eigenvalue weighted by molar-refractivity contribution is 7.17. The van der Waals surface area contributed by atoms with Gasteiger partial charge in [0.2, 0.25) is 5.91 Å². The minimum Gasteiger partial charge on any atom is -0.449 e. The minimum atomic E-state index is -1.00. The van der Waals surface area contributed by atoms with Crippen LogP contribution in [0.4, 0.5) is 10.7 Å². The molecule has 3 rings (SSSR count). The molecule has 0 radical (unpaired) electrons. The van der Waals surface area contributed by atoms with E-state index in [2.05, 4.69) is 10.6 Å². The third-order valence-corrected chi connectivity index (χ3v) is 5.85. The molecule has 8 heteroatoms. The Morgan fingerprint density at radius 2 is 1.93 bits per heavy atom. The van der Waals surface area contributed by atoms with Crippen LogP contribution in [0.15, 0.2) is 24.3 Å². The van der Waals surface area contributed by atoms with Crippen molar-refractivity contribution in [2.75, 3.05) is 10.6 Å². The second-order valence-corrected chi connectivity index (χ2v) is 8.18. The van der Waals surface area contributed by atoms with Crippen LogP contribution >= 0.6 is 22.9 Å². The van der Waals surface area contributed by atoms with Gasteiger partial charge in [-0.05, 0) is 56.4 Å². The first-order chi connectivity index (χ1) is 13.3. The summed E-state index contributed by atoms with van der Waals surface area (Å²) in [4.78, 5) is 37.8. The van der Waals surface area contributed by atoms with Crippen LogP contribution in [0.2, 0.25) is 5.02 Å². The number of carbonyl (C=O) groups excluding carboxylic acids is 3. The minimum absolute atomic E-state index is 0.251. The Morgan fingerprint density at radius 3 is 2.64 bits per heavy atom. The van der Waals surface area contributed by atoms with E-state index >= 15 is 0 Å². The van der Waals surface area contributed by atoms with E-state index in [-0.39, 0.29) is 5.91 Å². The Kier molecular flexibility index (Phi) is 6.36. The van der Waals surface area contributed by atoms with Crippen LogP contribution in [-0.4, -0.2) is 23.9 Å². The van der Waals surface area contributed by atoms with E-state index in [9.17, 15) is 14.4 Å². The summed E-state index contributed by atoms with van der Waals surface area (Å²) in [7, 11) is 0. The normalized spacial score (nSPS) is 14.0. The van der Waals surface area contributed by atoms with Crippen molar-refractivity contribution in [3.8, 4) is 0 Å². The quantitative estimate of drug-likeness (QED) is 0.701. The third-order valence-electron chi connectivity index (χ3n) is 4.41. The fourth-order valence-electron chi connectivity index (χ4n) is 3.11. The maximum absolute atomic E-state index is 12.8. The molecule has 0 unspecified atom stereocenters. The lowest BCUT2D eigenvalue weighted by Crippen LogP contribution is -2.30. The molecule has 0 aliphatic heterocycles. The zero-order valence-corrected chi connectivity index (χ0v) is 17.2. The maximum Gasteiger partial charge on any atom is 0.342 e. The van der Waals surface area contributed by atoms with Crippen molar-refractivity contribution >= 4 is 51.4 Å². The summed E-state index contributed by atoms with van der Waals surface area (Å²) in [5.74, 6) is -1.31. The van der Waals surface area contributed by atoms with Crippen LogP contribution in [0.1, 0.15) is 47.5 Å². The van der Waals surface area contributed by atoms with Gasteiger partial charge in [-0.25, -0.2) is 4.79 Å². The monoisotopic (exact) mass is 420 g/mol. The lowest BCUT2D eigenvalue weighted by atomic mass is 9.95. The average molecular weight is 421 g/mol. The van der Waals surface area contributed by atoms with Gasteiger partial charge >= 0.3 is 5.97 Å². The van der Waals surface area contributed by atoms with Crippen LogP contribution < -0.4 is 10.6 Å². The van der Waals surface area contributed by atoms with E-state index in [1.807, 2.05) is 0 Å². The number of rotatable bonds is 5. The van der Waals surface area contributed by atoms with Gasteiger partial charge in [0.15, 0.2) is 6.10 Å². The van der Waals surface area contributed by atoms with E-state index in [0.717, 1.165) is 36.1 Å². The number of fused-ring (bicyclic) bond motifs is 1. The van der Waals surface area contributed by atoms with Crippen molar-refractivity contribution in [1.29, 1.82) is 0 Å². The highest BCUT2D eigenvalue weighted by atomic mass is 35.5. The Balaban J connectivity index is 1.75. The highest BCUT2D eigenvalue weighted by Crippen LogP contribution is 2.38. The molecule has 148 valence electrons. The number of nitrogens with one attached hydrogen (secondary N) is 2. The Labute approximate surface area is 172 Å². The SMILES string of the molecule is CC(=O)Nc1sc2c(c1C(=O)O[C@@H](C)C(=O)Nc1cccc(Cl)c1)CCCC2. The molecule has 1 aliphatic carbocycles.